The quantitative estimate of drug-likeness (QED) is 0.235. The third-order valence-corrected chi connectivity index (χ3v) is 7.50. The Balaban J connectivity index is 1.52. The van der Waals surface area contributed by atoms with Crippen LogP contribution in [0, 0.1) is 0 Å². The van der Waals surface area contributed by atoms with E-state index in [4.69, 9.17) is 29.0 Å². The Morgan fingerprint density at radius 3 is 2.70 bits per heavy atom. The highest BCUT2D eigenvalue weighted by Gasteiger charge is 2.48. The average molecular weight is 581 g/mol. The van der Waals surface area contributed by atoms with Gasteiger partial charge in [0.1, 0.15) is 11.8 Å². The molecule has 0 amide bonds. The molecule has 0 spiro atoms. The summed E-state index contributed by atoms with van der Waals surface area (Å²) >= 11 is 0. The molecule has 1 unspecified atom stereocenters. The monoisotopic (exact) mass is 580 g/mol. The van der Waals surface area contributed by atoms with Crippen molar-refractivity contribution in [3.05, 3.63) is 36.7 Å². The maximum atomic E-state index is 15.9. The molecule has 40 heavy (non-hydrogen) atoms. The zero-order valence-corrected chi connectivity index (χ0v) is 23.8. The molecule has 3 N–H and O–H groups in total. The first-order valence-electron chi connectivity index (χ1n) is 12.9. The second kappa shape index (κ2) is 12.0. The number of alkyl halides is 1. The zero-order valence-electron chi connectivity index (χ0n) is 22.9. The highest BCUT2D eigenvalue weighted by atomic mass is 31.2. The van der Waals surface area contributed by atoms with E-state index in [1.165, 1.54) is 24.7 Å². The van der Waals surface area contributed by atoms with E-state index in [0.29, 0.717) is 12.1 Å². The number of carbonyl (C=O) groups is 1. The van der Waals surface area contributed by atoms with Gasteiger partial charge in [0.25, 0.3) is 0 Å². The van der Waals surface area contributed by atoms with Crippen molar-refractivity contribution in [3.63, 3.8) is 0 Å². The third kappa shape index (κ3) is 6.87. The lowest BCUT2D eigenvalue weighted by Gasteiger charge is -2.24. The van der Waals surface area contributed by atoms with Crippen LogP contribution in [0.5, 0.6) is 11.6 Å². The Bertz CT molecular complexity index is 1370. The number of nitrogens with one attached hydrogen (secondary N) is 1. The molecule has 1 fully saturated rings. The number of anilines is 1. The first-order chi connectivity index (χ1) is 18.9. The highest BCUT2D eigenvalue weighted by Crippen LogP contribution is 2.48. The van der Waals surface area contributed by atoms with Crippen LogP contribution in [0.4, 0.5) is 10.3 Å². The van der Waals surface area contributed by atoms with E-state index in [1.807, 2.05) is 0 Å². The zero-order chi connectivity index (χ0) is 29.1. The molecule has 1 aliphatic heterocycles. The molecular formula is C25H34FN6O7P. The second-order valence-electron chi connectivity index (χ2n) is 9.77. The fourth-order valence-corrected chi connectivity index (χ4v) is 5.72. The van der Waals surface area contributed by atoms with E-state index in [1.54, 1.807) is 51.1 Å². The predicted octanol–water partition coefficient (Wildman–Crippen LogP) is 3.96. The largest absolute Gasteiger partial charge is 0.476 e. The number of benzene rings is 1. The molecule has 0 radical (unpaired) electrons. The Kier molecular flexibility index (Phi) is 8.93. The van der Waals surface area contributed by atoms with Crippen LogP contribution in [0.3, 0.4) is 0 Å². The van der Waals surface area contributed by atoms with Gasteiger partial charge in [-0.1, -0.05) is 18.2 Å². The van der Waals surface area contributed by atoms with Gasteiger partial charge in [0.2, 0.25) is 11.8 Å². The summed E-state index contributed by atoms with van der Waals surface area (Å²) in [5.74, 6) is -0.275. The number of esters is 1. The molecule has 218 valence electrons. The number of nitrogen functional groups attached to an aromatic ring is 1. The molecule has 0 aliphatic carbocycles. The fraction of sp³-hybridized carbons (Fsp3) is 0.520. The lowest BCUT2D eigenvalue weighted by Crippen LogP contribution is -2.36. The summed E-state index contributed by atoms with van der Waals surface area (Å²) in [6.07, 6.45) is -1.10. The van der Waals surface area contributed by atoms with Crippen LogP contribution in [0.25, 0.3) is 11.2 Å². The molecule has 5 atom stereocenters. The van der Waals surface area contributed by atoms with E-state index in [-0.39, 0.29) is 42.4 Å². The number of carbonyl (C=O) groups excluding carboxylic acids is 1. The van der Waals surface area contributed by atoms with Crippen LogP contribution in [-0.4, -0.2) is 62.6 Å². The number of nitrogens with two attached hydrogens (primary N) is 1. The van der Waals surface area contributed by atoms with Gasteiger partial charge in [-0.25, -0.2) is 13.9 Å². The van der Waals surface area contributed by atoms with Crippen molar-refractivity contribution in [2.75, 3.05) is 18.9 Å². The summed E-state index contributed by atoms with van der Waals surface area (Å²) in [4.78, 5) is 24.9. The van der Waals surface area contributed by atoms with Crippen molar-refractivity contribution in [2.45, 2.75) is 71.2 Å². The maximum Gasteiger partial charge on any atom is 0.459 e. The number of hydrogen-bond donors (Lipinski definition) is 2. The van der Waals surface area contributed by atoms with Crippen molar-refractivity contribution in [1.29, 1.82) is 0 Å². The van der Waals surface area contributed by atoms with Gasteiger partial charge in [-0.15, -0.1) is 0 Å². The summed E-state index contributed by atoms with van der Waals surface area (Å²) in [5.41, 5.74) is 4.50. The van der Waals surface area contributed by atoms with Crippen LogP contribution >= 0.6 is 7.75 Å². The van der Waals surface area contributed by atoms with Crippen molar-refractivity contribution >= 4 is 30.8 Å². The minimum absolute atomic E-state index is 0.0636. The number of nitrogens with zero attached hydrogens (tertiary/aromatic N) is 4. The number of para-hydroxylation sites is 1. The van der Waals surface area contributed by atoms with E-state index in [0.717, 1.165) is 0 Å². The van der Waals surface area contributed by atoms with Crippen LogP contribution < -0.4 is 20.1 Å². The summed E-state index contributed by atoms with van der Waals surface area (Å²) in [6.45, 7) is 8.05. The number of rotatable bonds is 12. The van der Waals surface area contributed by atoms with Gasteiger partial charge in [-0.2, -0.15) is 15.1 Å². The van der Waals surface area contributed by atoms with Crippen LogP contribution in [0.2, 0.25) is 0 Å². The van der Waals surface area contributed by atoms with Crippen molar-refractivity contribution in [1.82, 2.24) is 24.6 Å². The van der Waals surface area contributed by atoms with E-state index in [9.17, 15) is 9.36 Å². The van der Waals surface area contributed by atoms with Gasteiger partial charge in [-0.3, -0.25) is 13.9 Å². The Hall–Kier alpha value is -3.32. The smallest absolute Gasteiger partial charge is 0.459 e. The van der Waals surface area contributed by atoms with Gasteiger partial charge in [0, 0.05) is 6.42 Å². The molecule has 3 heterocycles. The molecule has 0 bridgehead atoms. The summed E-state index contributed by atoms with van der Waals surface area (Å²) in [6, 6.07) is 7.30. The third-order valence-electron chi connectivity index (χ3n) is 5.86. The van der Waals surface area contributed by atoms with Gasteiger partial charge in [-0.05, 0) is 46.8 Å². The predicted molar refractivity (Wildman–Crippen MR) is 143 cm³/mol. The lowest BCUT2D eigenvalue weighted by atomic mass is 10.0. The van der Waals surface area contributed by atoms with Crippen molar-refractivity contribution in [2.24, 2.45) is 0 Å². The van der Waals surface area contributed by atoms with Crippen LogP contribution in [0.15, 0.2) is 36.7 Å². The molecule has 3 aromatic rings. The normalized spacial score (nSPS) is 23.2. The summed E-state index contributed by atoms with van der Waals surface area (Å²) in [5, 5.41) is 2.61. The number of aromatic nitrogens is 4. The molecule has 4 rings (SSSR count). The van der Waals surface area contributed by atoms with Gasteiger partial charge < -0.3 is 24.5 Å². The van der Waals surface area contributed by atoms with E-state index < -0.39 is 37.8 Å². The Morgan fingerprint density at radius 2 is 2.02 bits per heavy atom. The van der Waals surface area contributed by atoms with E-state index in [2.05, 4.69) is 20.0 Å². The minimum atomic E-state index is -4.15. The second-order valence-corrected chi connectivity index (χ2v) is 11.5. The van der Waals surface area contributed by atoms with Gasteiger partial charge >= 0.3 is 13.7 Å². The number of ether oxygens (including phenoxy) is 3. The summed E-state index contributed by atoms with van der Waals surface area (Å²) in [7, 11) is -4.15. The first kappa shape index (κ1) is 29.7. The molecule has 15 heteroatoms. The van der Waals surface area contributed by atoms with Gasteiger partial charge in [0.15, 0.2) is 23.1 Å². The van der Waals surface area contributed by atoms with Crippen LogP contribution in [-0.2, 0) is 23.4 Å². The molecule has 1 saturated heterocycles. The number of imidazole rings is 1. The first-order valence-corrected chi connectivity index (χ1v) is 14.4. The fourth-order valence-electron chi connectivity index (χ4n) is 4.20. The van der Waals surface area contributed by atoms with Crippen molar-refractivity contribution in [3.8, 4) is 11.6 Å². The van der Waals surface area contributed by atoms with Crippen molar-refractivity contribution < 1.29 is 37.0 Å². The molecule has 2 aromatic heterocycles. The Morgan fingerprint density at radius 1 is 1.30 bits per heavy atom. The SMILES string of the molecule is CCOc1nc(N)nc2c1ncn2[C@@H]1O[C@H](COP(=O)(N[C@@H](C)C(=O)OC(C)C)Oc2ccccc2)C[C@@]1(C)F. The molecule has 0 saturated carbocycles. The molecule has 1 aromatic carbocycles. The Labute approximate surface area is 231 Å². The van der Waals surface area contributed by atoms with E-state index >= 15 is 4.39 Å². The summed E-state index contributed by atoms with van der Waals surface area (Å²) < 4.78 is 59.1. The molecular weight excluding hydrogens is 546 g/mol. The number of fused-ring (bicyclic) bond motifs is 1. The minimum Gasteiger partial charge on any atom is -0.476 e. The molecule has 13 nitrogen and oxygen atoms in total. The maximum absolute atomic E-state index is 15.9. The number of halogens is 1. The topological polar surface area (TPSA) is 162 Å². The average Bonchev–Trinajstić information content (AvgIpc) is 3.42. The van der Waals surface area contributed by atoms with Gasteiger partial charge in [0.05, 0.1) is 31.7 Å². The molecule has 1 aliphatic rings. The number of hydrogen-bond acceptors (Lipinski definition) is 11. The lowest BCUT2D eigenvalue weighted by molar-refractivity contribution is -0.149. The highest BCUT2D eigenvalue weighted by molar-refractivity contribution is 7.52. The standard InChI is InChI=1S/C25H34FN6O7P/c1-6-35-21-19-20(29-24(27)30-21)32(14-28-19)23-25(5,26)12-18(38-23)13-36-40(34,39-17-10-8-7-9-11-17)31-16(4)22(33)37-15(2)3/h7-11,14-16,18,23H,6,12-13H2,1-5H3,(H,31,34)(H2,27,29,30)/t16-,18-,23+,25+,40?/m0/s1. The van der Waals surface area contributed by atoms with Crippen LogP contribution in [0.1, 0.15) is 47.3 Å².